The second kappa shape index (κ2) is 11.0. The molecule has 9 heteroatoms. The van der Waals surface area contributed by atoms with Gasteiger partial charge in [0.25, 0.3) is 11.8 Å². The number of hydrogen-bond acceptors (Lipinski definition) is 6. The van der Waals surface area contributed by atoms with E-state index in [0.29, 0.717) is 19.5 Å². The van der Waals surface area contributed by atoms with Crippen molar-refractivity contribution in [3.8, 4) is 0 Å². The van der Waals surface area contributed by atoms with Gasteiger partial charge < -0.3 is 31.1 Å². The van der Waals surface area contributed by atoms with E-state index in [-0.39, 0.29) is 17.8 Å². The standard InChI is InChI=1S/C26H33FN4O4/c27-19-9-7-18(8-10-19)21-6-3-13-31(21)26(35)24(33)23(32)25(34)29-16-17-11-14-30(15-12-17)22-5-2-1-4-20(22)28/h1-2,4-5,7-10,17,21,23-24,32-33H,3,6,11-16,28H2,(H,29,34)/t21?,23-,24-/m1/s1. The Morgan fingerprint density at radius 1 is 1.00 bits per heavy atom. The van der Waals surface area contributed by atoms with Crippen molar-refractivity contribution in [2.45, 2.75) is 43.9 Å². The predicted molar refractivity (Wildman–Crippen MR) is 131 cm³/mol. The monoisotopic (exact) mass is 484 g/mol. The molecule has 2 saturated heterocycles. The second-order valence-electron chi connectivity index (χ2n) is 9.37. The Labute approximate surface area is 204 Å². The summed E-state index contributed by atoms with van der Waals surface area (Å²) < 4.78 is 13.3. The maximum absolute atomic E-state index is 13.3. The first-order valence-electron chi connectivity index (χ1n) is 12.1. The van der Waals surface area contributed by atoms with Crippen molar-refractivity contribution in [1.82, 2.24) is 10.2 Å². The van der Waals surface area contributed by atoms with Gasteiger partial charge in [-0.05, 0) is 61.4 Å². The highest BCUT2D eigenvalue weighted by atomic mass is 19.1. The zero-order valence-corrected chi connectivity index (χ0v) is 19.6. The quantitative estimate of drug-likeness (QED) is 0.445. The summed E-state index contributed by atoms with van der Waals surface area (Å²) in [4.78, 5) is 29.1. The number of carbonyl (C=O) groups excluding carboxylic acids is 2. The zero-order valence-electron chi connectivity index (χ0n) is 19.6. The van der Waals surface area contributed by atoms with Crippen molar-refractivity contribution in [2.75, 3.05) is 36.8 Å². The fourth-order valence-electron chi connectivity index (χ4n) is 5.01. The van der Waals surface area contributed by atoms with Crippen LogP contribution < -0.4 is 16.0 Å². The lowest BCUT2D eigenvalue weighted by Crippen LogP contribution is -2.51. The number of nitrogens with two attached hydrogens (primary N) is 1. The molecule has 2 heterocycles. The zero-order chi connectivity index (χ0) is 24.9. The van der Waals surface area contributed by atoms with Crippen molar-refractivity contribution < 1.29 is 24.2 Å². The van der Waals surface area contributed by atoms with E-state index in [1.165, 1.54) is 17.0 Å². The largest absolute Gasteiger partial charge is 0.397 e. The highest BCUT2D eigenvalue weighted by Gasteiger charge is 2.38. The number of nitrogens with zero attached hydrogens (tertiary/aromatic N) is 2. The first-order chi connectivity index (χ1) is 16.8. The van der Waals surface area contributed by atoms with E-state index in [4.69, 9.17) is 5.73 Å². The molecular weight excluding hydrogens is 451 g/mol. The summed E-state index contributed by atoms with van der Waals surface area (Å²) in [6.07, 6.45) is -0.644. The molecule has 4 rings (SSSR count). The van der Waals surface area contributed by atoms with Gasteiger partial charge in [0.15, 0.2) is 12.2 Å². The maximum atomic E-state index is 13.3. The average molecular weight is 485 g/mol. The number of halogens is 1. The van der Waals surface area contributed by atoms with Gasteiger partial charge in [0.05, 0.1) is 17.4 Å². The van der Waals surface area contributed by atoms with Crippen molar-refractivity contribution in [3.63, 3.8) is 0 Å². The fourth-order valence-corrected chi connectivity index (χ4v) is 5.01. The molecule has 2 aromatic carbocycles. The molecule has 188 valence electrons. The minimum atomic E-state index is -1.86. The van der Waals surface area contributed by atoms with Crippen LogP contribution in [0.2, 0.25) is 0 Å². The predicted octanol–water partition coefficient (Wildman–Crippen LogP) is 1.83. The third-order valence-electron chi connectivity index (χ3n) is 7.07. The number of hydrogen-bond donors (Lipinski definition) is 4. The first-order valence-corrected chi connectivity index (χ1v) is 12.1. The number of benzene rings is 2. The minimum absolute atomic E-state index is 0.224. The van der Waals surface area contributed by atoms with E-state index < -0.39 is 24.0 Å². The van der Waals surface area contributed by atoms with Crippen LogP contribution in [0.4, 0.5) is 15.8 Å². The first kappa shape index (κ1) is 24.9. The summed E-state index contributed by atoms with van der Waals surface area (Å²) in [6, 6.07) is 13.3. The van der Waals surface area contributed by atoms with Crippen LogP contribution >= 0.6 is 0 Å². The Morgan fingerprint density at radius 3 is 2.37 bits per heavy atom. The molecule has 2 amide bonds. The molecule has 0 aliphatic carbocycles. The van der Waals surface area contributed by atoms with Crippen LogP contribution in [0.15, 0.2) is 48.5 Å². The molecule has 1 unspecified atom stereocenters. The Balaban J connectivity index is 1.26. The van der Waals surface area contributed by atoms with Crippen molar-refractivity contribution in [3.05, 3.63) is 59.9 Å². The molecule has 2 aliphatic rings. The third kappa shape index (κ3) is 5.74. The maximum Gasteiger partial charge on any atom is 0.255 e. The summed E-state index contributed by atoms with van der Waals surface area (Å²) in [7, 11) is 0. The number of nitrogen functional groups attached to an aromatic ring is 1. The number of carbonyl (C=O) groups is 2. The second-order valence-corrected chi connectivity index (χ2v) is 9.37. The molecule has 3 atom stereocenters. The molecule has 35 heavy (non-hydrogen) atoms. The molecule has 5 N–H and O–H groups in total. The van der Waals surface area contributed by atoms with Gasteiger partial charge in [-0.1, -0.05) is 24.3 Å². The van der Waals surface area contributed by atoms with Gasteiger partial charge in [0.1, 0.15) is 5.82 Å². The lowest BCUT2D eigenvalue weighted by atomic mass is 9.96. The van der Waals surface area contributed by atoms with Gasteiger partial charge in [-0.25, -0.2) is 4.39 Å². The molecule has 8 nitrogen and oxygen atoms in total. The summed E-state index contributed by atoms with van der Waals surface area (Å²) in [5.41, 5.74) is 8.57. The average Bonchev–Trinajstić information content (AvgIpc) is 3.37. The van der Waals surface area contributed by atoms with Crippen LogP contribution in [0.3, 0.4) is 0 Å². The Bertz CT molecular complexity index is 1030. The van der Waals surface area contributed by atoms with E-state index >= 15 is 0 Å². The molecule has 2 fully saturated rings. The van der Waals surface area contributed by atoms with E-state index in [0.717, 1.165) is 49.3 Å². The van der Waals surface area contributed by atoms with Crippen molar-refractivity contribution in [2.24, 2.45) is 5.92 Å². The van der Waals surface area contributed by atoms with E-state index in [2.05, 4.69) is 10.2 Å². The van der Waals surface area contributed by atoms with E-state index in [1.807, 2.05) is 24.3 Å². The molecule has 0 aromatic heterocycles. The topological polar surface area (TPSA) is 119 Å². The van der Waals surface area contributed by atoms with Gasteiger partial charge in [-0.2, -0.15) is 0 Å². The number of anilines is 2. The molecule has 0 saturated carbocycles. The number of aliphatic hydroxyl groups is 2. The van der Waals surface area contributed by atoms with Gasteiger partial charge in [-0.3, -0.25) is 9.59 Å². The minimum Gasteiger partial charge on any atom is -0.397 e. The summed E-state index contributed by atoms with van der Waals surface area (Å²) in [6.45, 7) is 2.36. The summed E-state index contributed by atoms with van der Waals surface area (Å²) >= 11 is 0. The third-order valence-corrected chi connectivity index (χ3v) is 7.07. The smallest absolute Gasteiger partial charge is 0.255 e. The molecule has 0 bridgehead atoms. The molecule has 2 aromatic rings. The van der Waals surface area contributed by atoms with Crippen molar-refractivity contribution >= 4 is 23.2 Å². The number of aliphatic hydroxyl groups excluding tert-OH is 2. The number of likely N-dealkylation sites (tertiary alicyclic amines) is 1. The van der Waals surface area contributed by atoms with Crippen LogP contribution in [-0.2, 0) is 9.59 Å². The normalized spacial score (nSPS) is 20.5. The van der Waals surface area contributed by atoms with Crippen LogP contribution in [0.25, 0.3) is 0 Å². The molecule has 0 spiro atoms. The Hall–Kier alpha value is -3.17. The van der Waals surface area contributed by atoms with Crippen LogP contribution in [-0.4, -0.2) is 65.3 Å². The van der Waals surface area contributed by atoms with Crippen LogP contribution in [0.5, 0.6) is 0 Å². The highest BCUT2D eigenvalue weighted by molar-refractivity contribution is 5.91. The van der Waals surface area contributed by atoms with Gasteiger partial charge in [0.2, 0.25) is 0 Å². The lowest BCUT2D eigenvalue weighted by Gasteiger charge is -2.34. The fraction of sp³-hybridized carbons (Fsp3) is 0.462. The Morgan fingerprint density at radius 2 is 1.69 bits per heavy atom. The lowest BCUT2D eigenvalue weighted by molar-refractivity contribution is -0.153. The molecule has 2 aliphatic heterocycles. The number of rotatable bonds is 7. The SMILES string of the molecule is Nc1ccccc1N1CCC(CNC(=O)[C@H](O)[C@@H](O)C(=O)N2CCCC2c2ccc(F)cc2)CC1. The summed E-state index contributed by atoms with van der Waals surface area (Å²) in [5.74, 6) is -1.61. The number of amides is 2. The van der Waals surface area contributed by atoms with Gasteiger partial charge in [0, 0.05) is 26.2 Å². The molecular formula is C26H33FN4O4. The number of nitrogens with one attached hydrogen (secondary N) is 1. The highest BCUT2D eigenvalue weighted by Crippen LogP contribution is 2.33. The van der Waals surface area contributed by atoms with Gasteiger partial charge in [-0.15, -0.1) is 0 Å². The van der Waals surface area contributed by atoms with Gasteiger partial charge >= 0.3 is 0 Å². The van der Waals surface area contributed by atoms with Crippen LogP contribution in [0.1, 0.15) is 37.3 Å². The Kier molecular flexibility index (Phi) is 7.87. The van der Waals surface area contributed by atoms with E-state index in [9.17, 15) is 24.2 Å². The summed E-state index contributed by atoms with van der Waals surface area (Å²) in [5, 5.41) is 23.5. The number of para-hydroxylation sites is 2. The van der Waals surface area contributed by atoms with Crippen LogP contribution in [0, 0.1) is 11.7 Å². The van der Waals surface area contributed by atoms with Crippen molar-refractivity contribution in [1.29, 1.82) is 0 Å². The molecule has 0 radical (unpaired) electrons. The number of piperidine rings is 1. The van der Waals surface area contributed by atoms with E-state index in [1.54, 1.807) is 12.1 Å².